The number of nitrogens with zero attached hydrogens (tertiary/aromatic N) is 1. The summed E-state index contributed by atoms with van der Waals surface area (Å²) in [6.07, 6.45) is 0.453. The van der Waals surface area contributed by atoms with Crippen molar-refractivity contribution in [2.24, 2.45) is 7.05 Å². The summed E-state index contributed by atoms with van der Waals surface area (Å²) in [7, 11) is 1.84. The van der Waals surface area contributed by atoms with Gasteiger partial charge in [0.15, 0.2) is 6.17 Å². The molecular weight excluding hydrogens is 182 g/mol. The summed E-state index contributed by atoms with van der Waals surface area (Å²) in [4.78, 5) is 0. The molecule has 0 aliphatic carbocycles. The lowest BCUT2D eigenvalue weighted by Crippen LogP contribution is -2.30. The maximum atomic E-state index is 7.98. The second kappa shape index (κ2) is 3.85. The summed E-state index contributed by atoms with van der Waals surface area (Å²) >= 11 is 0. The van der Waals surface area contributed by atoms with Crippen LogP contribution in [0.5, 0.6) is 0 Å². The van der Waals surface area contributed by atoms with Crippen molar-refractivity contribution in [2.45, 2.75) is 13.8 Å². The van der Waals surface area contributed by atoms with E-state index >= 15 is 0 Å². The molecule has 0 spiro atoms. The van der Waals surface area contributed by atoms with Gasteiger partial charge in [0.25, 0.3) is 0 Å². The molecule has 0 unspecified atom stereocenters. The van der Waals surface area contributed by atoms with Gasteiger partial charge in [0.1, 0.15) is 8.42 Å². The zero-order valence-electron chi connectivity index (χ0n) is 12.3. The minimum Gasteiger partial charge on any atom is -0.201 e. The van der Waals surface area contributed by atoms with E-state index in [1.54, 1.807) is 10.6 Å². The molecule has 2 rings (SSSR count). The Bertz CT molecular complexity index is 621. The van der Waals surface area contributed by atoms with E-state index in [1.165, 1.54) is 6.07 Å². The SMILES string of the molecule is [2H]c1cc([2H])c(C)c(-c2ccc(C)c([2H])[n+]2C)c1. The van der Waals surface area contributed by atoms with E-state index in [4.69, 9.17) is 4.11 Å². The Morgan fingerprint density at radius 2 is 2.00 bits per heavy atom. The Morgan fingerprint density at radius 3 is 2.80 bits per heavy atom. The van der Waals surface area contributed by atoms with Crippen molar-refractivity contribution >= 4 is 0 Å². The Morgan fingerprint density at radius 1 is 1.20 bits per heavy atom. The van der Waals surface area contributed by atoms with Crippen LogP contribution >= 0.6 is 0 Å². The minimum atomic E-state index is 0.327. The molecule has 0 bridgehead atoms. The lowest BCUT2D eigenvalue weighted by atomic mass is 10.0. The van der Waals surface area contributed by atoms with E-state index in [0.29, 0.717) is 18.3 Å². The van der Waals surface area contributed by atoms with E-state index in [2.05, 4.69) is 0 Å². The van der Waals surface area contributed by atoms with Gasteiger partial charge >= 0.3 is 0 Å². The fourth-order valence-electron chi connectivity index (χ4n) is 1.68. The van der Waals surface area contributed by atoms with Crippen LogP contribution < -0.4 is 4.57 Å². The molecule has 1 aromatic heterocycles. The van der Waals surface area contributed by atoms with Crippen LogP contribution in [-0.4, -0.2) is 0 Å². The number of aryl methyl sites for hydroxylation is 1. The topological polar surface area (TPSA) is 3.88 Å². The first-order valence-corrected chi connectivity index (χ1v) is 4.96. The standard InChI is InChI=1S/C14H16N/c1-11-8-9-14(15(3)10-11)13-7-5-4-6-12(13)2/h4-10H,1-3H3/q+1/i5D,6D,10D. The highest BCUT2D eigenvalue weighted by atomic mass is 14.9. The average molecular weight is 201 g/mol. The zero-order chi connectivity index (χ0) is 13.4. The maximum absolute atomic E-state index is 7.98. The Kier molecular flexibility index (Phi) is 1.74. The Hall–Kier alpha value is -1.63. The van der Waals surface area contributed by atoms with Crippen molar-refractivity contribution in [2.75, 3.05) is 0 Å². The minimum absolute atomic E-state index is 0.327. The van der Waals surface area contributed by atoms with E-state index in [-0.39, 0.29) is 0 Å². The number of benzene rings is 1. The molecular formula is C14H16N+. The number of pyridine rings is 1. The number of aromatic nitrogens is 1. The van der Waals surface area contributed by atoms with Crippen molar-refractivity contribution < 1.29 is 8.68 Å². The van der Waals surface area contributed by atoms with E-state index in [0.717, 1.165) is 22.4 Å². The summed E-state index contributed by atoms with van der Waals surface area (Å²) < 4.78 is 25.3. The molecule has 15 heavy (non-hydrogen) atoms. The van der Waals surface area contributed by atoms with Gasteiger partial charge < -0.3 is 0 Å². The molecule has 0 amide bonds. The molecule has 0 fully saturated rings. The normalized spacial score (nSPS) is 13.1. The zero-order valence-corrected chi connectivity index (χ0v) is 9.26. The van der Waals surface area contributed by atoms with Crippen LogP contribution in [0, 0.1) is 13.8 Å². The van der Waals surface area contributed by atoms with Crippen molar-refractivity contribution in [3.63, 3.8) is 0 Å². The van der Waals surface area contributed by atoms with Crippen LogP contribution in [0.4, 0.5) is 0 Å². The molecule has 1 aromatic carbocycles. The van der Waals surface area contributed by atoms with Gasteiger partial charge in [-0.25, -0.2) is 4.57 Å². The second-order valence-electron chi connectivity index (χ2n) is 3.71. The molecule has 1 heterocycles. The predicted molar refractivity (Wildman–Crippen MR) is 62.5 cm³/mol. The summed E-state index contributed by atoms with van der Waals surface area (Å²) in [6.45, 7) is 3.77. The molecule has 0 N–H and O–H groups in total. The van der Waals surface area contributed by atoms with Crippen LogP contribution in [0.1, 0.15) is 15.2 Å². The smallest absolute Gasteiger partial charge is 0.201 e. The van der Waals surface area contributed by atoms with Crippen molar-refractivity contribution in [3.05, 3.63) is 53.7 Å². The second-order valence-corrected chi connectivity index (χ2v) is 3.71. The van der Waals surface area contributed by atoms with E-state index < -0.39 is 0 Å². The highest BCUT2D eigenvalue weighted by Gasteiger charge is 2.10. The summed E-state index contributed by atoms with van der Waals surface area (Å²) in [5.74, 6) is 0. The van der Waals surface area contributed by atoms with Crippen LogP contribution in [0.3, 0.4) is 0 Å². The third-order valence-electron chi connectivity index (χ3n) is 2.48. The lowest BCUT2D eigenvalue weighted by molar-refractivity contribution is -0.660. The first kappa shape index (κ1) is 6.78. The predicted octanol–water partition coefficient (Wildman–Crippen LogP) is 2.79. The van der Waals surface area contributed by atoms with Crippen LogP contribution in [0.2, 0.25) is 0 Å². The van der Waals surface area contributed by atoms with Gasteiger partial charge in [-0.05, 0) is 31.5 Å². The lowest BCUT2D eigenvalue weighted by Gasteiger charge is -2.03. The average Bonchev–Trinajstić information content (AvgIpc) is 2.31. The Balaban J connectivity index is 2.74. The Labute approximate surface area is 95.2 Å². The fraction of sp³-hybridized carbons (Fsp3) is 0.214. The van der Waals surface area contributed by atoms with Gasteiger partial charge in [-0.1, -0.05) is 18.2 Å². The van der Waals surface area contributed by atoms with Gasteiger partial charge in [0, 0.05) is 17.2 Å². The first-order valence-electron chi connectivity index (χ1n) is 6.46. The largest absolute Gasteiger partial charge is 0.212 e. The summed E-state index contributed by atoms with van der Waals surface area (Å²) in [5.41, 5.74) is 3.46. The van der Waals surface area contributed by atoms with Crippen molar-refractivity contribution in [1.82, 2.24) is 0 Å². The molecule has 0 aliphatic rings. The molecule has 0 radical (unpaired) electrons. The van der Waals surface area contributed by atoms with Gasteiger partial charge in [-0.3, -0.25) is 0 Å². The molecule has 0 aliphatic heterocycles. The van der Waals surface area contributed by atoms with Crippen LogP contribution in [0.15, 0.2) is 42.5 Å². The fourth-order valence-corrected chi connectivity index (χ4v) is 1.68. The highest BCUT2D eigenvalue weighted by Crippen LogP contribution is 2.19. The molecule has 1 nitrogen and oxygen atoms in total. The van der Waals surface area contributed by atoms with Gasteiger partial charge in [0.05, 0.1) is 2.74 Å². The van der Waals surface area contributed by atoms with E-state index in [9.17, 15) is 0 Å². The van der Waals surface area contributed by atoms with Crippen molar-refractivity contribution in [1.29, 1.82) is 0 Å². The number of hydrogen-bond acceptors (Lipinski definition) is 0. The summed E-state index contributed by atoms with van der Waals surface area (Å²) in [5, 5.41) is 0. The highest BCUT2D eigenvalue weighted by molar-refractivity contribution is 5.60. The third-order valence-corrected chi connectivity index (χ3v) is 2.48. The quantitative estimate of drug-likeness (QED) is 0.625. The molecule has 0 saturated heterocycles. The first-order chi connectivity index (χ1) is 8.41. The molecule has 2 aromatic rings. The molecule has 1 heteroatoms. The van der Waals surface area contributed by atoms with Crippen molar-refractivity contribution in [3.8, 4) is 11.3 Å². The molecule has 76 valence electrons. The maximum Gasteiger partial charge on any atom is 0.212 e. The van der Waals surface area contributed by atoms with E-state index in [1.807, 2.05) is 33.0 Å². The molecule has 0 saturated carbocycles. The number of rotatable bonds is 1. The van der Waals surface area contributed by atoms with Crippen LogP contribution in [-0.2, 0) is 7.05 Å². The van der Waals surface area contributed by atoms with Gasteiger partial charge in [-0.15, -0.1) is 0 Å². The van der Waals surface area contributed by atoms with Crippen LogP contribution in [0.25, 0.3) is 11.3 Å². The monoisotopic (exact) mass is 201 g/mol. The van der Waals surface area contributed by atoms with Gasteiger partial charge in [-0.2, -0.15) is 0 Å². The summed E-state index contributed by atoms with van der Waals surface area (Å²) in [6, 6.07) is 7.82. The van der Waals surface area contributed by atoms with Gasteiger partial charge in [0.2, 0.25) is 5.69 Å². The number of hydrogen-bond donors (Lipinski definition) is 0. The molecule has 0 atom stereocenters. The third kappa shape index (κ3) is 1.91.